The van der Waals surface area contributed by atoms with E-state index in [1.54, 1.807) is 30.5 Å². The first kappa shape index (κ1) is 26.0. The van der Waals surface area contributed by atoms with Gasteiger partial charge in [0.05, 0.1) is 12.1 Å². The van der Waals surface area contributed by atoms with Crippen LogP contribution in [-0.2, 0) is 15.6 Å². The number of aromatic hydroxyl groups is 1. The molecular formula is C27H29F4NO4. The number of nitrogens with zero attached hydrogens (tertiary/aromatic N) is 1. The SMILES string of the molecule is CC(C)(CO)c1c(C2(C)CCC(C(=O)O)(C(F)F)CC2)c2c(O)cccc2n1-c1ccc(F)c(F)c1. The first-order chi connectivity index (χ1) is 16.8. The van der Waals surface area contributed by atoms with Crippen LogP contribution < -0.4 is 0 Å². The Kier molecular flexibility index (Phi) is 6.35. The number of carbonyl (C=O) groups is 1. The molecule has 1 aliphatic rings. The molecule has 0 bridgehead atoms. The molecule has 1 heterocycles. The normalized spacial score (nSPS) is 22.9. The molecule has 4 rings (SSSR count). The van der Waals surface area contributed by atoms with E-state index >= 15 is 0 Å². The van der Waals surface area contributed by atoms with Crippen LogP contribution in [0.1, 0.15) is 57.7 Å². The number of carboxylic acid groups (broad SMARTS) is 1. The average molecular weight is 508 g/mol. The van der Waals surface area contributed by atoms with Crippen molar-refractivity contribution >= 4 is 16.9 Å². The maximum atomic E-state index is 14.3. The number of benzene rings is 2. The molecule has 1 aliphatic carbocycles. The molecule has 0 unspecified atom stereocenters. The molecule has 0 saturated heterocycles. The highest BCUT2D eigenvalue weighted by atomic mass is 19.3. The van der Waals surface area contributed by atoms with E-state index in [-0.39, 0.29) is 43.7 Å². The fourth-order valence-electron chi connectivity index (χ4n) is 5.54. The predicted molar refractivity (Wildman–Crippen MR) is 127 cm³/mol. The zero-order valence-electron chi connectivity index (χ0n) is 20.3. The number of halogens is 4. The second kappa shape index (κ2) is 8.80. The number of aliphatic hydroxyl groups is 1. The minimum absolute atomic E-state index is 0.0867. The molecule has 3 aromatic rings. The van der Waals surface area contributed by atoms with Gasteiger partial charge in [0, 0.05) is 28.2 Å². The van der Waals surface area contributed by atoms with Gasteiger partial charge < -0.3 is 19.9 Å². The highest BCUT2D eigenvalue weighted by Crippen LogP contribution is 2.55. The van der Waals surface area contributed by atoms with Gasteiger partial charge in [0.1, 0.15) is 11.2 Å². The van der Waals surface area contributed by atoms with Gasteiger partial charge in [-0.2, -0.15) is 0 Å². The summed E-state index contributed by atoms with van der Waals surface area (Å²) in [6, 6.07) is 8.17. The number of alkyl halides is 2. The summed E-state index contributed by atoms with van der Waals surface area (Å²) in [4.78, 5) is 11.8. The second-order valence-electron chi connectivity index (χ2n) is 10.7. The molecule has 0 spiro atoms. The lowest BCUT2D eigenvalue weighted by Gasteiger charge is -2.44. The molecule has 1 saturated carbocycles. The minimum atomic E-state index is -3.04. The molecule has 0 amide bonds. The van der Waals surface area contributed by atoms with Crippen molar-refractivity contribution in [2.24, 2.45) is 5.41 Å². The van der Waals surface area contributed by atoms with Crippen molar-refractivity contribution in [3.8, 4) is 11.4 Å². The number of phenols is 1. The van der Waals surface area contributed by atoms with E-state index < -0.39 is 40.3 Å². The molecule has 3 N–H and O–H groups in total. The van der Waals surface area contributed by atoms with E-state index in [0.29, 0.717) is 22.2 Å². The van der Waals surface area contributed by atoms with E-state index in [0.717, 1.165) is 12.1 Å². The van der Waals surface area contributed by atoms with E-state index in [1.807, 2.05) is 6.92 Å². The van der Waals surface area contributed by atoms with Gasteiger partial charge >= 0.3 is 5.97 Å². The summed E-state index contributed by atoms with van der Waals surface area (Å²) >= 11 is 0. The first-order valence-corrected chi connectivity index (χ1v) is 11.7. The van der Waals surface area contributed by atoms with Crippen LogP contribution in [0.5, 0.6) is 5.75 Å². The number of fused-ring (bicyclic) bond motifs is 1. The number of carboxylic acids is 1. The van der Waals surface area contributed by atoms with Gasteiger partial charge in [0.25, 0.3) is 6.43 Å². The summed E-state index contributed by atoms with van der Waals surface area (Å²) in [6.07, 6.45) is -3.42. The standard InChI is InChI=1S/C27H29F4NO4/c1-25(2,14-33)22-21(26(3)9-11-27(12-10-26,23(30)31)24(35)36)20-18(5-4-6-19(20)34)32(22)15-7-8-16(28)17(29)13-15/h4-8,13,23,33-34H,9-12,14H2,1-3H3,(H,35,36). The topological polar surface area (TPSA) is 82.7 Å². The van der Waals surface area contributed by atoms with E-state index in [2.05, 4.69) is 0 Å². The number of aliphatic hydroxyl groups excluding tert-OH is 1. The van der Waals surface area contributed by atoms with Crippen molar-refractivity contribution in [1.82, 2.24) is 4.57 Å². The third-order valence-corrected chi connectivity index (χ3v) is 7.86. The summed E-state index contributed by atoms with van der Waals surface area (Å²) < 4.78 is 57.5. The molecule has 0 aliphatic heterocycles. The van der Waals surface area contributed by atoms with Crippen LogP contribution >= 0.6 is 0 Å². The zero-order chi connectivity index (χ0) is 26.6. The van der Waals surface area contributed by atoms with Crippen molar-refractivity contribution in [2.45, 2.75) is 63.7 Å². The Bertz CT molecular complexity index is 1320. The number of aliphatic carboxylic acids is 1. The third kappa shape index (κ3) is 3.84. The fourth-order valence-corrected chi connectivity index (χ4v) is 5.54. The number of hydrogen-bond acceptors (Lipinski definition) is 3. The third-order valence-electron chi connectivity index (χ3n) is 7.86. The Morgan fingerprint density at radius 3 is 2.25 bits per heavy atom. The number of hydrogen-bond donors (Lipinski definition) is 3. The molecule has 5 nitrogen and oxygen atoms in total. The highest BCUT2D eigenvalue weighted by Gasteiger charge is 2.54. The van der Waals surface area contributed by atoms with Crippen LogP contribution in [0.15, 0.2) is 36.4 Å². The average Bonchev–Trinajstić information content (AvgIpc) is 3.19. The van der Waals surface area contributed by atoms with E-state index in [9.17, 15) is 37.7 Å². The number of rotatable bonds is 6. The quantitative estimate of drug-likeness (QED) is 0.355. The monoisotopic (exact) mass is 507 g/mol. The van der Waals surface area contributed by atoms with Crippen LogP contribution in [0, 0.1) is 17.0 Å². The van der Waals surface area contributed by atoms with Gasteiger partial charge in [0.15, 0.2) is 11.6 Å². The Hall–Kier alpha value is -3.07. The molecule has 36 heavy (non-hydrogen) atoms. The van der Waals surface area contributed by atoms with Crippen LogP contribution in [0.2, 0.25) is 0 Å². The lowest BCUT2D eigenvalue weighted by Crippen LogP contribution is -2.45. The largest absolute Gasteiger partial charge is 0.507 e. The number of phenolic OH excluding ortho intramolecular Hbond substituents is 1. The van der Waals surface area contributed by atoms with E-state index in [1.165, 1.54) is 12.1 Å². The second-order valence-corrected chi connectivity index (χ2v) is 10.7. The molecule has 1 fully saturated rings. The van der Waals surface area contributed by atoms with Gasteiger partial charge in [-0.3, -0.25) is 4.79 Å². The van der Waals surface area contributed by atoms with Crippen molar-refractivity contribution in [3.05, 3.63) is 59.3 Å². The molecule has 0 atom stereocenters. The van der Waals surface area contributed by atoms with Crippen molar-refractivity contribution in [2.75, 3.05) is 6.61 Å². The predicted octanol–water partition coefficient (Wildman–Crippen LogP) is 6.05. The smallest absolute Gasteiger partial charge is 0.315 e. The molecular weight excluding hydrogens is 478 g/mol. The molecule has 2 aromatic carbocycles. The summed E-state index contributed by atoms with van der Waals surface area (Å²) in [5.74, 6) is -3.74. The Labute approximate surface area is 206 Å². The van der Waals surface area contributed by atoms with Gasteiger partial charge in [-0.15, -0.1) is 0 Å². The van der Waals surface area contributed by atoms with Crippen LogP contribution in [-0.4, -0.2) is 38.9 Å². The molecule has 194 valence electrons. The highest BCUT2D eigenvalue weighted by molar-refractivity contribution is 5.94. The van der Waals surface area contributed by atoms with Crippen molar-refractivity contribution < 1.29 is 37.7 Å². The summed E-state index contributed by atoms with van der Waals surface area (Å²) in [5.41, 5.74) is -2.15. The zero-order valence-corrected chi connectivity index (χ0v) is 20.3. The lowest BCUT2D eigenvalue weighted by molar-refractivity contribution is -0.164. The summed E-state index contributed by atoms with van der Waals surface area (Å²) in [7, 11) is 0. The molecule has 9 heteroatoms. The van der Waals surface area contributed by atoms with Gasteiger partial charge in [-0.1, -0.05) is 26.8 Å². The Morgan fingerprint density at radius 2 is 1.72 bits per heavy atom. The van der Waals surface area contributed by atoms with Gasteiger partial charge in [-0.25, -0.2) is 17.6 Å². The summed E-state index contributed by atoms with van der Waals surface area (Å²) in [6.45, 7) is 5.00. The van der Waals surface area contributed by atoms with Crippen LogP contribution in [0.25, 0.3) is 16.6 Å². The molecule has 1 aromatic heterocycles. The first-order valence-electron chi connectivity index (χ1n) is 11.7. The van der Waals surface area contributed by atoms with Gasteiger partial charge in [0.2, 0.25) is 0 Å². The van der Waals surface area contributed by atoms with Crippen LogP contribution in [0.3, 0.4) is 0 Å². The minimum Gasteiger partial charge on any atom is -0.507 e. The van der Waals surface area contributed by atoms with Crippen LogP contribution in [0.4, 0.5) is 17.6 Å². The number of aromatic nitrogens is 1. The maximum Gasteiger partial charge on any atom is 0.315 e. The molecule has 0 radical (unpaired) electrons. The Morgan fingerprint density at radius 1 is 1.08 bits per heavy atom. The van der Waals surface area contributed by atoms with Crippen molar-refractivity contribution in [1.29, 1.82) is 0 Å². The van der Waals surface area contributed by atoms with Crippen molar-refractivity contribution in [3.63, 3.8) is 0 Å². The fraction of sp³-hybridized carbons (Fsp3) is 0.444. The van der Waals surface area contributed by atoms with Gasteiger partial charge in [-0.05, 0) is 60.9 Å². The summed E-state index contributed by atoms with van der Waals surface area (Å²) in [5, 5.41) is 31.4. The maximum absolute atomic E-state index is 14.3. The van der Waals surface area contributed by atoms with E-state index in [4.69, 9.17) is 0 Å². The lowest BCUT2D eigenvalue weighted by atomic mass is 9.60. The Balaban J connectivity index is 2.05.